The molecular weight excluding hydrogens is 360 g/mol. The highest BCUT2D eigenvalue weighted by molar-refractivity contribution is 7.89. The summed E-state index contributed by atoms with van der Waals surface area (Å²) in [6.45, 7) is 0.456. The highest BCUT2D eigenvalue weighted by atomic mass is 35.5. The second-order valence-corrected chi connectivity index (χ2v) is 7.99. The van der Waals surface area contributed by atoms with Gasteiger partial charge in [0, 0.05) is 25.0 Å². The lowest BCUT2D eigenvalue weighted by Crippen LogP contribution is -2.26. The van der Waals surface area contributed by atoms with Gasteiger partial charge in [-0.2, -0.15) is 0 Å². The highest BCUT2D eigenvalue weighted by Gasteiger charge is 2.13. The Labute approximate surface area is 153 Å². The minimum absolute atomic E-state index is 0.00634. The Balaban J connectivity index is 1.92. The zero-order valence-electron chi connectivity index (χ0n) is 14.2. The fourth-order valence-electron chi connectivity index (χ4n) is 2.37. The van der Waals surface area contributed by atoms with Crippen LogP contribution >= 0.6 is 11.6 Å². The van der Waals surface area contributed by atoms with Crippen LogP contribution in [-0.4, -0.2) is 33.3 Å². The number of hydrogen-bond acceptors (Lipinski definition) is 3. The molecule has 2 rings (SSSR count). The Morgan fingerprint density at radius 1 is 1.12 bits per heavy atom. The van der Waals surface area contributed by atoms with Gasteiger partial charge in [0.1, 0.15) is 0 Å². The lowest BCUT2D eigenvalue weighted by Gasteiger charge is -2.18. The number of hydrogen-bond donors (Lipinski definition) is 1. The molecule has 0 heterocycles. The summed E-state index contributed by atoms with van der Waals surface area (Å²) >= 11 is 6.12. The summed E-state index contributed by atoms with van der Waals surface area (Å²) in [5.41, 5.74) is 1.82. The van der Waals surface area contributed by atoms with Crippen molar-refractivity contribution < 1.29 is 13.2 Å². The van der Waals surface area contributed by atoms with Crippen molar-refractivity contribution in [3.63, 3.8) is 0 Å². The molecule has 0 fully saturated rings. The molecule has 0 unspecified atom stereocenters. The van der Waals surface area contributed by atoms with Gasteiger partial charge in [0.05, 0.1) is 4.90 Å². The second kappa shape index (κ2) is 8.47. The van der Waals surface area contributed by atoms with Crippen LogP contribution in [-0.2, 0) is 27.8 Å². The Morgan fingerprint density at radius 3 is 2.36 bits per heavy atom. The van der Waals surface area contributed by atoms with Crippen LogP contribution in [0.3, 0.4) is 0 Å². The maximum atomic E-state index is 12.3. The first-order valence-electron chi connectivity index (χ1n) is 7.83. The summed E-state index contributed by atoms with van der Waals surface area (Å²) in [7, 11) is -0.320. The van der Waals surface area contributed by atoms with Gasteiger partial charge in [-0.1, -0.05) is 41.9 Å². The van der Waals surface area contributed by atoms with Crippen LogP contribution in [0.25, 0.3) is 0 Å². The number of aryl methyl sites for hydroxylation is 1. The van der Waals surface area contributed by atoms with Crippen molar-refractivity contribution in [1.29, 1.82) is 0 Å². The van der Waals surface area contributed by atoms with Gasteiger partial charge in [0.15, 0.2) is 0 Å². The van der Waals surface area contributed by atoms with Crippen molar-refractivity contribution in [3.8, 4) is 0 Å². The lowest BCUT2D eigenvalue weighted by molar-refractivity contribution is -0.130. The van der Waals surface area contributed by atoms with Gasteiger partial charge in [-0.3, -0.25) is 4.79 Å². The quantitative estimate of drug-likeness (QED) is 0.803. The summed E-state index contributed by atoms with van der Waals surface area (Å²) in [4.78, 5) is 14.1. The van der Waals surface area contributed by atoms with Gasteiger partial charge in [-0.05, 0) is 42.8 Å². The van der Waals surface area contributed by atoms with E-state index in [0.717, 1.165) is 11.1 Å². The van der Waals surface area contributed by atoms with E-state index in [9.17, 15) is 13.2 Å². The summed E-state index contributed by atoms with van der Waals surface area (Å²) in [5.74, 6) is 0.00634. The Kier molecular flexibility index (Phi) is 6.58. The molecule has 2 aromatic rings. The summed E-state index contributed by atoms with van der Waals surface area (Å²) in [5, 5.41) is 0.642. The average molecular weight is 381 g/mol. The van der Waals surface area contributed by atoms with Gasteiger partial charge in [-0.15, -0.1) is 0 Å². The molecule has 0 aliphatic heterocycles. The van der Waals surface area contributed by atoms with E-state index in [4.69, 9.17) is 11.6 Å². The maximum absolute atomic E-state index is 12.3. The standard InChI is InChI=1S/C18H21ClN2O3S/c1-20-25(23,24)16-10-7-14(8-11-16)9-12-18(22)21(2)13-15-5-3-4-6-17(15)19/h3-8,10-11,20H,9,12-13H2,1-2H3. The topological polar surface area (TPSA) is 66.5 Å². The molecular formula is C18H21ClN2O3S. The maximum Gasteiger partial charge on any atom is 0.240 e. The van der Waals surface area contributed by atoms with Crippen molar-refractivity contribution in [2.45, 2.75) is 24.3 Å². The van der Waals surface area contributed by atoms with Crippen molar-refractivity contribution in [3.05, 3.63) is 64.7 Å². The van der Waals surface area contributed by atoms with E-state index in [0.29, 0.717) is 24.4 Å². The molecule has 25 heavy (non-hydrogen) atoms. The van der Waals surface area contributed by atoms with Gasteiger partial charge in [0.25, 0.3) is 0 Å². The van der Waals surface area contributed by atoms with Gasteiger partial charge < -0.3 is 4.90 Å². The van der Waals surface area contributed by atoms with Gasteiger partial charge in [0.2, 0.25) is 15.9 Å². The van der Waals surface area contributed by atoms with E-state index < -0.39 is 10.0 Å². The van der Waals surface area contributed by atoms with Crippen LogP contribution in [0.2, 0.25) is 5.02 Å². The first-order chi connectivity index (χ1) is 11.8. The zero-order valence-corrected chi connectivity index (χ0v) is 15.8. The third kappa shape index (κ3) is 5.29. The average Bonchev–Trinajstić information content (AvgIpc) is 2.61. The highest BCUT2D eigenvalue weighted by Crippen LogP contribution is 2.17. The molecule has 7 heteroatoms. The van der Waals surface area contributed by atoms with Crippen LogP contribution in [0.4, 0.5) is 0 Å². The molecule has 0 saturated carbocycles. The van der Waals surface area contributed by atoms with E-state index in [2.05, 4.69) is 4.72 Å². The predicted octanol–water partition coefficient (Wildman–Crippen LogP) is 2.84. The number of carbonyl (C=O) groups excluding carboxylic acids is 1. The van der Waals surface area contributed by atoms with Crippen molar-refractivity contribution in [2.24, 2.45) is 0 Å². The number of sulfonamides is 1. The third-order valence-electron chi connectivity index (χ3n) is 3.92. The molecule has 2 aromatic carbocycles. The molecule has 0 radical (unpaired) electrons. The molecule has 0 saturated heterocycles. The second-order valence-electron chi connectivity index (χ2n) is 5.69. The molecule has 0 atom stereocenters. The van der Waals surface area contributed by atoms with Crippen molar-refractivity contribution in [1.82, 2.24) is 9.62 Å². The minimum Gasteiger partial charge on any atom is -0.341 e. The number of amides is 1. The normalized spacial score (nSPS) is 11.3. The Bertz CT molecular complexity index is 836. The van der Waals surface area contributed by atoms with Gasteiger partial charge >= 0.3 is 0 Å². The van der Waals surface area contributed by atoms with Crippen molar-refractivity contribution in [2.75, 3.05) is 14.1 Å². The van der Waals surface area contributed by atoms with E-state index in [-0.39, 0.29) is 10.8 Å². The minimum atomic E-state index is -3.44. The number of nitrogens with one attached hydrogen (secondary N) is 1. The van der Waals surface area contributed by atoms with E-state index in [1.165, 1.54) is 7.05 Å². The molecule has 0 aliphatic carbocycles. The van der Waals surface area contributed by atoms with Crippen LogP contribution in [0.5, 0.6) is 0 Å². The predicted molar refractivity (Wildman–Crippen MR) is 98.9 cm³/mol. The van der Waals surface area contributed by atoms with E-state index in [1.54, 1.807) is 42.3 Å². The molecule has 134 valence electrons. The number of nitrogens with zero attached hydrogens (tertiary/aromatic N) is 1. The fraction of sp³-hybridized carbons (Fsp3) is 0.278. The number of rotatable bonds is 7. The number of halogens is 1. The summed E-state index contributed by atoms with van der Waals surface area (Å²) < 4.78 is 25.6. The lowest BCUT2D eigenvalue weighted by atomic mass is 10.1. The molecule has 0 spiro atoms. The summed E-state index contributed by atoms with van der Waals surface area (Å²) in [6.07, 6.45) is 0.894. The first kappa shape index (κ1) is 19.4. The number of benzene rings is 2. The summed E-state index contributed by atoms with van der Waals surface area (Å²) in [6, 6.07) is 14.0. The smallest absolute Gasteiger partial charge is 0.240 e. The number of carbonyl (C=O) groups is 1. The van der Waals surface area contributed by atoms with Gasteiger partial charge in [-0.25, -0.2) is 13.1 Å². The van der Waals surface area contributed by atoms with E-state index >= 15 is 0 Å². The fourth-order valence-corrected chi connectivity index (χ4v) is 3.29. The monoisotopic (exact) mass is 380 g/mol. The van der Waals surface area contributed by atoms with Crippen LogP contribution in [0, 0.1) is 0 Å². The molecule has 0 aliphatic rings. The van der Waals surface area contributed by atoms with Crippen LogP contribution in [0.15, 0.2) is 53.4 Å². The molecule has 1 amide bonds. The van der Waals surface area contributed by atoms with Crippen molar-refractivity contribution >= 4 is 27.5 Å². The first-order valence-corrected chi connectivity index (χ1v) is 9.69. The molecule has 0 bridgehead atoms. The Morgan fingerprint density at radius 2 is 1.76 bits per heavy atom. The van der Waals surface area contributed by atoms with Crippen LogP contribution in [0.1, 0.15) is 17.5 Å². The van der Waals surface area contributed by atoms with Crippen LogP contribution < -0.4 is 4.72 Å². The molecule has 0 aromatic heterocycles. The molecule has 1 N–H and O–H groups in total. The van der Waals surface area contributed by atoms with E-state index in [1.807, 2.05) is 18.2 Å². The molecule has 5 nitrogen and oxygen atoms in total. The largest absolute Gasteiger partial charge is 0.341 e. The Hall–Kier alpha value is -1.89. The SMILES string of the molecule is CNS(=O)(=O)c1ccc(CCC(=O)N(C)Cc2ccccc2Cl)cc1. The zero-order chi connectivity index (χ0) is 18.4. The third-order valence-corrected chi connectivity index (χ3v) is 5.72.